The summed E-state index contributed by atoms with van der Waals surface area (Å²) in [6.07, 6.45) is -0.104. The van der Waals surface area contributed by atoms with Crippen LogP contribution in [0.1, 0.15) is 32.8 Å². The van der Waals surface area contributed by atoms with Gasteiger partial charge in [-0.05, 0) is 30.3 Å². The number of hydrogen-bond donors (Lipinski definition) is 2. The van der Waals surface area contributed by atoms with Crippen LogP contribution in [0.5, 0.6) is 11.5 Å². The lowest BCUT2D eigenvalue weighted by Crippen LogP contribution is -2.14. The summed E-state index contributed by atoms with van der Waals surface area (Å²) in [4.78, 5) is 26.5. The SMILES string of the molecule is O=C(C1=C(n2c(C(=O)c3c(O)cccc3F)cc(Cl)c2Cl)C(Cl)=C(Cl)C1)c1ccccc1O. The first-order valence-electron chi connectivity index (χ1n) is 9.33. The quantitative estimate of drug-likeness (QED) is 0.360. The molecule has 2 aromatic carbocycles. The summed E-state index contributed by atoms with van der Waals surface area (Å²) in [5.74, 6) is -3.38. The van der Waals surface area contributed by atoms with E-state index in [0.29, 0.717) is 0 Å². The molecule has 0 saturated heterocycles. The zero-order valence-electron chi connectivity index (χ0n) is 16.4. The Bertz CT molecular complexity index is 1390. The van der Waals surface area contributed by atoms with E-state index in [1.54, 1.807) is 12.1 Å². The molecular formula is C23H12Cl4FNO4. The van der Waals surface area contributed by atoms with Gasteiger partial charge in [0.25, 0.3) is 0 Å². The van der Waals surface area contributed by atoms with Crippen molar-refractivity contribution in [1.82, 2.24) is 4.57 Å². The van der Waals surface area contributed by atoms with Gasteiger partial charge in [-0.2, -0.15) is 0 Å². The summed E-state index contributed by atoms with van der Waals surface area (Å²) in [6.45, 7) is 0. The second-order valence-electron chi connectivity index (χ2n) is 7.04. The Balaban J connectivity index is 1.97. The number of benzene rings is 2. The molecule has 3 aromatic rings. The lowest BCUT2D eigenvalue weighted by molar-refractivity contribution is 0.101. The number of phenols is 2. The van der Waals surface area contributed by atoms with E-state index in [9.17, 15) is 24.2 Å². The van der Waals surface area contributed by atoms with Crippen molar-refractivity contribution in [1.29, 1.82) is 0 Å². The number of para-hydroxylation sites is 1. The highest BCUT2D eigenvalue weighted by atomic mass is 35.5. The minimum absolute atomic E-state index is 0.0187. The van der Waals surface area contributed by atoms with Crippen LogP contribution in [0.15, 0.2) is 64.2 Å². The van der Waals surface area contributed by atoms with E-state index >= 15 is 0 Å². The number of rotatable bonds is 5. The molecule has 0 aliphatic heterocycles. The van der Waals surface area contributed by atoms with E-state index < -0.39 is 28.7 Å². The number of Topliss-reactive ketones (excluding diaryl/α,β-unsaturated/α-hetero) is 1. The molecule has 0 amide bonds. The number of aromatic nitrogens is 1. The van der Waals surface area contributed by atoms with Gasteiger partial charge in [0.2, 0.25) is 5.78 Å². The molecule has 2 N–H and O–H groups in total. The average Bonchev–Trinajstić information content (AvgIpc) is 3.23. The molecule has 1 heterocycles. The van der Waals surface area contributed by atoms with E-state index in [1.165, 1.54) is 24.3 Å². The third-order valence-electron chi connectivity index (χ3n) is 5.06. The van der Waals surface area contributed by atoms with Gasteiger partial charge in [-0.3, -0.25) is 14.2 Å². The van der Waals surface area contributed by atoms with Crippen molar-refractivity contribution in [3.05, 3.63) is 97.0 Å². The first-order valence-corrected chi connectivity index (χ1v) is 10.8. The average molecular weight is 527 g/mol. The topological polar surface area (TPSA) is 79.5 Å². The van der Waals surface area contributed by atoms with Crippen molar-refractivity contribution in [2.75, 3.05) is 0 Å². The van der Waals surface area contributed by atoms with Crippen molar-refractivity contribution in [3.63, 3.8) is 0 Å². The van der Waals surface area contributed by atoms with Gasteiger partial charge in [-0.25, -0.2) is 4.39 Å². The summed E-state index contributed by atoms with van der Waals surface area (Å²) in [5, 5.41) is 20.0. The lowest BCUT2D eigenvalue weighted by Gasteiger charge is -2.15. The Kier molecular flexibility index (Phi) is 6.29. The molecule has 1 aliphatic carbocycles. The van der Waals surface area contributed by atoms with Gasteiger partial charge in [0.15, 0.2) is 5.78 Å². The Hall–Kier alpha value is -2.77. The van der Waals surface area contributed by atoms with Gasteiger partial charge in [-0.15, -0.1) is 0 Å². The molecule has 33 heavy (non-hydrogen) atoms. The smallest absolute Gasteiger partial charge is 0.216 e. The van der Waals surface area contributed by atoms with Crippen molar-refractivity contribution in [2.24, 2.45) is 0 Å². The van der Waals surface area contributed by atoms with E-state index in [0.717, 1.165) is 16.7 Å². The van der Waals surface area contributed by atoms with Crippen LogP contribution in [-0.2, 0) is 0 Å². The van der Waals surface area contributed by atoms with Gasteiger partial charge >= 0.3 is 0 Å². The molecule has 10 heteroatoms. The number of nitrogens with zero attached hydrogens (tertiary/aromatic N) is 1. The van der Waals surface area contributed by atoms with Gasteiger partial charge in [0, 0.05) is 17.0 Å². The maximum absolute atomic E-state index is 14.4. The van der Waals surface area contributed by atoms with Gasteiger partial charge in [0.1, 0.15) is 28.0 Å². The summed E-state index contributed by atoms with van der Waals surface area (Å²) in [5.41, 5.74) is -0.885. The largest absolute Gasteiger partial charge is 0.507 e. The van der Waals surface area contributed by atoms with E-state index in [1.807, 2.05) is 0 Å². The minimum atomic E-state index is -0.967. The molecule has 1 aliphatic rings. The predicted molar refractivity (Wildman–Crippen MR) is 125 cm³/mol. The third-order valence-corrected chi connectivity index (χ3v) is 6.64. The summed E-state index contributed by atoms with van der Waals surface area (Å²) in [6, 6.07) is 10.4. The number of carbonyl (C=O) groups excluding carboxylic acids is 2. The fourth-order valence-electron chi connectivity index (χ4n) is 3.53. The second-order valence-corrected chi connectivity index (χ2v) is 8.64. The molecule has 0 spiro atoms. The van der Waals surface area contributed by atoms with Crippen LogP contribution in [0.2, 0.25) is 10.2 Å². The summed E-state index contributed by atoms with van der Waals surface area (Å²) < 4.78 is 15.5. The van der Waals surface area contributed by atoms with Crippen molar-refractivity contribution in [2.45, 2.75) is 6.42 Å². The van der Waals surface area contributed by atoms with E-state index in [4.69, 9.17) is 46.4 Å². The first-order chi connectivity index (χ1) is 15.6. The lowest BCUT2D eigenvalue weighted by atomic mass is 10.0. The summed E-state index contributed by atoms with van der Waals surface area (Å²) in [7, 11) is 0. The molecule has 0 atom stereocenters. The molecule has 0 saturated carbocycles. The Morgan fingerprint density at radius 2 is 1.58 bits per heavy atom. The number of carbonyl (C=O) groups is 2. The Labute approximate surface area is 206 Å². The molecule has 0 bridgehead atoms. The van der Waals surface area contributed by atoms with Crippen LogP contribution in [0.25, 0.3) is 5.70 Å². The zero-order valence-corrected chi connectivity index (χ0v) is 19.4. The highest BCUT2D eigenvalue weighted by Gasteiger charge is 2.34. The van der Waals surface area contributed by atoms with Crippen molar-refractivity contribution < 1.29 is 24.2 Å². The van der Waals surface area contributed by atoms with Crippen LogP contribution < -0.4 is 0 Å². The normalized spacial score (nSPS) is 13.7. The Morgan fingerprint density at radius 3 is 2.24 bits per heavy atom. The molecular weight excluding hydrogens is 515 g/mol. The fourth-order valence-corrected chi connectivity index (χ4v) is 4.44. The highest BCUT2D eigenvalue weighted by Crippen LogP contribution is 2.45. The van der Waals surface area contributed by atoms with Crippen LogP contribution in [0.4, 0.5) is 4.39 Å². The van der Waals surface area contributed by atoms with Crippen molar-refractivity contribution >= 4 is 63.7 Å². The molecule has 1 aromatic heterocycles. The van der Waals surface area contributed by atoms with Crippen molar-refractivity contribution in [3.8, 4) is 11.5 Å². The standard InChI is InChI=1S/C23H12Cl4FNO4/c24-12-8-11(21(32)10-4-1-2-6-16(10)30)20(19(12)26)29-15(9-13(25)23(29)27)22(33)18-14(28)5-3-7-17(18)31/h1-7,9,30-31H,8H2. The zero-order chi connectivity index (χ0) is 24.0. The highest BCUT2D eigenvalue weighted by molar-refractivity contribution is 6.47. The monoisotopic (exact) mass is 525 g/mol. The first kappa shape index (κ1) is 23.4. The predicted octanol–water partition coefficient (Wildman–Crippen LogP) is 6.76. The molecule has 0 unspecified atom stereocenters. The van der Waals surface area contributed by atoms with Gasteiger partial charge in [0.05, 0.1) is 27.0 Å². The minimum Gasteiger partial charge on any atom is -0.507 e. The number of hydrogen-bond acceptors (Lipinski definition) is 4. The number of allylic oxidation sites excluding steroid dienone is 4. The molecule has 4 rings (SSSR count). The van der Waals surface area contributed by atoms with Crippen LogP contribution in [0.3, 0.4) is 0 Å². The molecule has 0 fully saturated rings. The second kappa shape index (κ2) is 8.88. The molecule has 168 valence electrons. The number of phenolic OH excluding ortho intramolecular Hbond substituents is 2. The van der Waals surface area contributed by atoms with Crippen LogP contribution in [0, 0.1) is 5.82 Å². The van der Waals surface area contributed by atoms with Gasteiger partial charge in [-0.1, -0.05) is 64.6 Å². The molecule has 0 radical (unpaired) electrons. The maximum atomic E-state index is 14.4. The molecule has 5 nitrogen and oxygen atoms in total. The van der Waals surface area contributed by atoms with E-state index in [2.05, 4.69) is 0 Å². The van der Waals surface area contributed by atoms with E-state index in [-0.39, 0.29) is 54.9 Å². The number of aromatic hydroxyl groups is 2. The third kappa shape index (κ3) is 3.93. The number of ketones is 2. The maximum Gasteiger partial charge on any atom is 0.216 e. The Morgan fingerprint density at radius 1 is 0.909 bits per heavy atom. The van der Waals surface area contributed by atoms with Crippen LogP contribution in [-0.4, -0.2) is 26.3 Å². The number of halogens is 5. The van der Waals surface area contributed by atoms with Crippen LogP contribution >= 0.6 is 46.4 Å². The fraction of sp³-hybridized carbons (Fsp3) is 0.0435. The van der Waals surface area contributed by atoms with Gasteiger partial charge < -0.3 is 10.2 Å². The summed E-state index contributed by atoms with van der Waals surface area (Å²) >= 11 is 25.2.